The first-order chi connectivity index (χ1) is 12.0. The Bertz CT molecular complexity index is 1130. The Balaban J connectivity index is 2.06. The number of primary amides is 1. The molecule has 0 unspecified atom stereocenters. The van der Waals surface area contributed by atoms with Crippen LogP contribution in [0.1, 0.15) is 15.9 Å². The molecule has 3 nitrogen and oxygen atoms in total. The molecule has 0 saturated carbocycles. The van der Waals surface area contributed by atoms with Gasteiger partial charge in [-0.25, -0.2) is 0 Å². The monoisotopic (exact) mass is 368 g/mol. The van der Waals surface area contributed by atoms with Gasteiger partial charge >= 0.3 is 0 Å². The van der Waals surface area contributed by atoms with Crippen LogP contribution in [0.25, 0.3) is 21.8 Å². The van der Waals surface area contributed by atoms with Gasteiger partial charge < -0.3 is 10.3 Å². The average molecular weight is 369 g/mol. The largest absolute Gasteiger partial charge is 0.366 e. The molecule has 3 aromatic carbocycles. The van der Waals surface area contributed by atoms with Crippen molar-refractivity contribution in [2.45, 2.75) is 6.54 Å². The molecule has 4 rings (SSSR count). The number of hydrogen-bond acceptors (Lipinski definition) is 1. The molecule has 1 amide bonds. The highest BCUT2D eigenvalue weighted by Gasteiger charge is 2.16. The van der Waals surface area contributed by atoms with Gasteiger partial charge in [-0.05, 0) is 42.0 Å². The van der Waals surface area contributed by atoms with Crippen molar-refractivity contribution >= 4 is 50.9 Å². The summed E-state index contributed by atoms with van der Waals surface area (Å²) in [6.45, 7) is 0.614. The molecule has 0 spiro atoms. The van der Waals surface area contributed by atoms with E-state index in [9.17, 15) is 4.79 Å². The summed E-state index contributed by atoms with van der Waals surface area (Å²) in [5, 5.41) is 3.14. The Morgan fingerprint density at radius 2 is 1.68 bits per heavy atom. The fourth-order valence-corrected chi connectivity index (χ4v) is 3.69. The van der Waals surface area contributed by atoms with E-state index >= 15 is 0 Å². The molecular formula is C20H14Cl2N2O. The van der Waals surface area contributed by atoms with Crippen molar-refractivity contribution in [2.75, 3.05) is 0 Å². The summed E-state index contributed by atoms with van der Waals surface area (Å²) in [5.41, 5.74) is 9.06. The Labute approximate surface area is 154 Å². The normalized spacial score (nSPS) is 11.3. The van der Waals surface area contributed by atoms with Gasteiger partial charge in [0.15, 0.2) is 0 Å². The van der Waals surface area contributed by atoms with E-state index in [2.05, 4.69) is 4.57 Å². The van der Waals surface area contributed by atoms with Gasteiger partial charge in [-0.2, -0.15) is 0 Å². The lowest BCUT2D eigenvalue weighted by Crippen LogP contribution is -2.11. The maximum Gasteiger partial charge on any atom is 0.249 e. The van der Waals surface area contributed by atoms with Crippen molar-refractivity contribution in [3.8, 4) is 0 Å². The summed E-state index contributed by atoms with van der Waals surface area (Å²) in [4.78, 5) is 11.9. The quantitative estimate of drug-likeness (QED) is 0.527. The van der Waals surface area contributed by atoms with E-state index in [1.807, 2.05) is 54.6 Å². The highest BCUT2D eigenvalue weighted by atomic mass is 35.5. The molecule has 2 N–H and O–H groups in total. The van der Waals surface area contributed by atoms with Crippen LogP contribution in [-0.4, -0.2) is 10.5 Å². The van der Waals surface area contributed by atoms with Crippen molar-refractivity contribution < 1.29 is 4.79 Å². The lowest BCUT2D eigenvalue weighted by Gasteiger charge is -2.09. The first kappa shape index (κ1) is 16.0. The first-order valence-corrected chi connectivity index (χ1v) is 8.55. The molecule has 124 valence electrons. The van der Waals surface area contributed by atoms with E-state index < -0.39 is 5.91 Å². The smallest absolute Gasteiger partial charge is 0.249 e. The molecule has 0 aliphatic rings. The molecule has 25 heavy (non-hydrogen) atoms. The van der Waals surface area contributed by atoms with Gasteiger partial charge in [0, 0.05) is 32.9 Å². The van der Waals surface area contributed by atoms with E-state index in [1.54, 1.807) is 6.07 Å². The molecular weight excluding hydrogens is 355 g/mol. The van der Waals surface area contributed by atoms with Crippen molar-refractivity contribution in [2.24, 2.45) is 5.73 Å². The molecule has 5 heteroatoms. The molecule has 0 fully saturated rings. The van der Waals surface area contributed by atoms with Crippen LogP contribution in [0.3, 0.4) is 0 Å². The van der Waals surface area contributed by atoms with Crippen molar-refractivity contribution in [1.82, 2.24) is 4.57 Å². The summed E-state index contributed by atoms with van der Waals surface area (Å²) >= 11 is 12.3. The van der Waals surface area contributed by atoms with Gasteiger partial charge in [0.1, 0.15) is 0 Å². The second kappa shape index (κ2) is 6.10. The number of carbonyl (C=O) groups is 1. The summed E-state index contributed by atoms with van der Waals surface area (Å²) in [6, 6.07) is 19.0. The lowest BCUT2D eigenvalue weighted by molar-refractivity contribution is 0.100. The van der Waals surface area contributed by atoms with Crippen LogP contribution < -0.4 is 5.73 Å². The highest BCUT2D eigenvalue weighted by Crippen LogP contribution is 2.34. The minimum atomic E-state index is -0.442. The standard InChI is InChI=1S/C20H14Cl2N2O/c21-13-4-1-3-12(9-13)11-24-17-6-2-5-16(20(23)25)19(17)15-8-7-14(22)10-18(15)24/h1-10H,11H2,(H2,23,25). The summed E-state index contributed by atoms with van der Waals surface area (Å²) in [5.74, 6) is -0.442. The number of carbonyl (C=O) groups excluding carboxylic acids is 1. The maximum absolute atomic E-state index is 11.9. The number of rotatable bonds is 3. The van der Waals surface area contributed by atoms with Gasteiger partial charge in [0.25, 0.3) is 0 Å². The van der Waals surface area contributed by atoms with Crippen LogP contribution >= 0.6 is 23.2 Å². The van der Waals surface area contributed by atoms with E-state index in [0.29, 0.717) is 22.2 Å². The Morgan fingerprint density at radius 3 is 2.44 bits per heavy atom. The van der Waals surface area contributed by atoms with Crippen molar-refractivity contribution in [3.05, 3.63) is 81.8 Å². The number of halogens is 2. The van der Waals surface area contributed by atoms with Crippen molar-refractivity contribution in [1.29, 1.82) is 0 Å². The van der Waals surface area contributed by atoms with E-state index in [-0.39, 0.29) is 0 Å². The van der Waals surface area contributed by atoms with E-state index in [4.69, 9.17) is 28.9 Å². The highest BCUT2D eigenvalue weighted by molar-refractivity contribution is 6.32. The molecule has 0 radical (unpaired) electrons. The SMILES string of the molecule is NC(=O)c1cccc2c1c1ccc(Cl)cc1n2Cc1cccc(Cl)c1. The number of aromatic nitrogens is 1. The fraction of sp³-hybridized carbons (Fsp3) is 0.0500. The topological polar surface area (TPSA) is 48.0 Å². The molecule has 0 saturated heterocycles. The molecule has 1 heterocycles. The molecule has 0 aliphatic carbocycles. The van der Waals surface area contributed by atoms with Crippen LogP contribution in [0.2, 0.25) is 10.0 Å². The zero-order valence-corrected chi connectivity index (χ0v) is 14.7. The minimum absolute atomic E-state index is 0.442. The zero-order chi connectivity index (χ0) is 17.6. The second-order valence-corrected chi connectivity index (χ2v) is 6.81. The molecule has 0 aliphatic heterocycles. The molecule has 0 bridgehead atoms. The Morgan fingerprint density at radius 1 is 0.920 bits per heavy atom. The number of hydrogen-bond donors (Lipinski definition) is 1. The zero-order valence-electron chi connectivity index (χ0n) is 13.2. The number of nitrogens with zero attached hydrogens (tertiary/aromatic N) is 1. The van der Waals surface area contributed by atoms with Crippen LogP contribution in [0, 0.1) is 0 Å². The van der Waals surface area contributed by atoms with Crippen LogP contribution in [0.4, 0.5) is 0 Å². The van der Waals surface area contributed by atoms with E-state index in [1.165, 1.54) is 0 Å². The summed E-state index contributed by atoms with van der Waals surface area (Å²) in [6.07, 6.45) is 0. The second-order valence-electron chi connectivity index (χ2n) is 5.94. The predicted octanol–water partition coefficient (Wildman–Crippen LogP) is 5.25. The van der Waals surface area contributed by atoms with Crippen LogP contribution in [0.5, 0.6) is 0 Å². The number of amides is 1. The number of nitrogens with two attached hydrogens (primary N) is 1. The Kier molecular flexibility index (Phi) is 3.91. The third kappa shape index (κ3) is 2.76. The fourth-order valence-electron chi connectivity index (χ4n) is 3.31. The van der Waals surface area contributed by atoms with Gasteiger partial charge in [0.05, 0.1) is 11.0 Å². The number of fused-ring (bicyclic) bond motifs is 3. The average Bonchev–Trinajstić information content (AvgIpc) is 2.88. The van der Waals surface area contributed by atoms with Crippen LogP contribution in [0.15, 0.2) is 60.7 Å². The summed E-state index contributed by atoms with van der Waals surface area (Å²) in [7, 11) is 0. The third-order valence-electron chi connectivity index (χ3n) is 4.35. The maximum atomic E-state index is 11.9. The predicted molar refractivity (Wildman–Crippen MR) is 104 cm³/mol. The number of benzene rings is 3. The molecule has 0 atom stereocenters. The lowest BCUT2D eigenvalue weighted by atomic mass is 10.1. The third-order valence-corrected chi connectivity index (χ3v) is 4.82. The van der Waals surface area contributed by atoms with Gasteiger partial charge in [-0.1, -0.05) is 47.5 Å². The van der Waals surface area contributed by atoms with Crippen molar-refractivity contribution in [3.63, 3.8) is 0 Å². The minimum Gasteiger partial charge on any atom is -0.366 e. The van der Waals surface area contributed by atoms with Gasteiger partial charge in [0.2, 0.25) is 5.91 Å². The summed E-state index contributed by atoms with van der Waals surface area (Å²) < 4.78 is 2.13. The first-order valence-electron chi connectivity index (χ1n) is 7.79. The van der Waals surface area contributed by atoms with Crippen LogP contribution in [-0.2, 0) is 6.54 Å². The van der Waals surface area contributed by atoms with E-state index in [0.717, 1.165) is 27.4 Å². The van der Waals surface area contributed by atoms with Gasteiger partial charge in [-0.15, -0.1) is 0 Å². The molecule has 4 aromatic rings. The molecule has 1 aromatic heterocycles. The van der Waals surface area contributed by atoms with Gasteiger partial charge in [-0.3, -0.25) is 4.79 Å². The Hall–Kier alpha value is -2.49.